The van der Waals surface area contributed by atoms with Crippen molar-refractivity contribution in [1.82, 2.24) is 0 Å². The molecule has 0 unspecified atom stereocenters. The van der Waals surface area contributed by atoms with E-state index in [9.17, 15) is 19.6 Å². The molecular weight excluding hydrogens is 352 g/mol. The Bertz CT molecular complexity index is 962. The number of nitrogens with zero attached hydrogens (tertiary/aromatic N) is 2. The summed E-state index contributed by atoms with van der Waals surface area (Å²) < 4.78 is 0. The number of nitriles is 2. The standard InChI is InChI=1S/C18H14N4O3S/c1-10(23)12-3-5-13(6-4-12)21-16-14(9-20)18(22-15(25)7-8-19)26-17(16)11(2)24/h3-6,21H,7H2,1-2H3,(H,22,25). The van der Waals surface area contributed by atoms with Gasteiger partial charge >= 0.3 is 0 Å². The SMILES string of the molecule is CC(=O)c1ccc(Nc2c(C(C)=O)sc(NC(=O)CC#N)c2C#N)cc1. The first kappa shape index (κ1) is 18.8. The number of rotatable bonds is 6. The fraction of sp³-hybridized carbons (Fsp3) is 0.167. The lowest BCUT2D eigenvalue weighted by Gasteiger charge is -2.08. The lowest BCUT2D eigenvalue weighted by atomic mass is 10.1. The van der Waals surface area contributed by atoms with Crippen LogP contribution in [0.1, 0.15) is 45.9 Å². The number of ketones is 2. The van der Waals surface area contributed by atoms with Crippen molar-refractivity contribution >= 4 is 45.2 Å². The van der Waals surface area contributed by atoms with Crippen LogP contribution in [0.25, 0.3) is 0 Å². The molecule has 2 aromatic rings. The number of carbonyl (C=O) groups is 3. The van der Waals surface area contributed by atoms with Gasteiger partial charge in [-0.05, 0) is 31.2 Å². The Morgan fingerprint density at radius 2 is 1.73 bits per heavy atom. The molecule has 0 saturated carbocycles. The molecule has 2 rings (SSSR count). The molecule has 1 aromatic carbocycles. The Morgan fingerprint density at radius 1 is 1.08 bits per heavy atom. The molecule has 1 heterocycles. The second kappa shape index (κ2) is 8.06. The van der Waals surface area contributed by atoms with E-state index in [2.05, 4.69) is 10.6 Å². The second-order valence-corrected chi connectivity index (χ2v) is 6.34. The van der Waals surface area contributed by atoms with E-state index in [4.69, 9.17) is 5.26 Å². The maximum absolute atomic E-state index is 11.9. The van der Waals surface area contributed by atoms with Crippen molar-refractivity contribution < 1.29 is 14.4 Å². The third-order valence-electron chi connectivity index (χ3n) is 3.39. The summed E-state index contributed by atoms with van der Waals surface area (Å²) in [6.07, 6.45) is -0.354. The van der Waals surface area contributed by atoms with E-state index in [1.807, 2.05) is 6.07 Å². The Labute approximate surface area is 153 Å². The number of benzene rings is 1. The Morgan fingerprint density at radius 3 is 2.23 bits per heavy atom. The van der Waals surface area contributed by atoms with E-state index in [0.717, 1.165) is 11.3 Å². The van der Waals surface area contributed by atoms with Gasteiger partial charge in [-0.1, -0.05) is 0 Å². The third-order valence-corrected chi connectivity index (χ3v) is 4.60. The van der Waals surface area contributed by atoms with Crippen molar-refractivity contribution in [2.75, 3.05) is 10.6 Å². The maximum Gasteiger partial charge on any atom is 0.239 e. The molecule has 0 radical (unpaired) electrons. The molecule has 7 nitrogen and oxygen atoms in total. The predicted octanol–water partition coefficient (Wildman–Crippen LogP) is 3.62. The van der Waals surface area contributed by atoms with Crippen molar-refractivity contribution in [1.29, 1.82) is 10.5 Å². The van der Waals surface area contributed by atoms with Gasteiger partial charge in [0, 0.05) is 18.2 Å². The fourth-order valence-electron chi connectivity index (χ4n) is 2.17. The van der Waals surface area contributed by atoms with Gasteiger partial charge in [0.25, 0.3) is 0 Å². The zero-order chi connectivity index (χ0) is 19.3. The van der Waals surface area contributed by atoms with Gasteiger partial charge in [0.05, 0.1) is 16.6 Å². The highest BCUT2D eigenvalue weighted by Gasteiger charge is 2.22. The molecule has 0 spiro atoms. The van der Waals surface area contributed by atoms with Crippen LogP contribution in [-0.4, -0.2) is 17.5 Å². The van der Waals surface area contributed by atoms with E-state index in [1.165, 1.54) is 13.8 Å². The highest BCUT2D eigenvalue weighted by atomic mass is 32.1. The van der Waals surface area contributed by atoms with Crippen molar-refractivity contribution in [3.05, 3.63) is 40.3 Å². The molecule has 0 saturated heterocycles. The molecule has 0 aliphatic carbocycles. The van der Waals surface area contributed by atoms with Crippen LogP contribution >= 0.6 is 11.3 Å². The highest BCUT2D eigenvalue weighted by molar-refractivity contribution is 7.19. The van der Waals surface area contributed by atoms with E-state index < -0.39 is 5.91 Å². The quantitative estimate of drug-likeness (QED) is 0.753. The number of carbonyl (C=O) groups excluding carboxylic acids is 3. The van der Waals surface area contributed by atoms with Crippen molar-refractivity contribution in [2.24, 2.45) is 0 Å². The zero-order valence-electron chi connectivity index (χ0n) is 14.0. The minimum absolute atomic E-state index is 0.0725. The van der Waals surface area contributed by atoms with Gasteiger partial charge in [-0.25, -0.2) is 0 Å². The van der Waals surface area contributed by atoms with Crippen LogP contribution in [0.5, 0.6) is 0 Å². The third kappa shape index (κ3) is 4.12. The van der Waals surface area contributed by atoms with Gasteiger partial charge in [-0.2, -0.15) is 10.5 Å². The summed E-state index contributed by atoms with van der Waals surface area (Å²) in [5, 5.41) is 23.8. The monoisotopic (exact) mass is 366 g/mol. The summed E-state index contributed by atoms with van der Waals surface area (Å²) in [6.45, 7) is 2.82. The molecule has 0 bridgehead atoms. The van der Waals surface area contributed by atoms with Gasteiger partial charge in [0.15, 0.2) is 11.6 Å². The molecule has 0 aliphatic rings. The molecule has 0 atom stereocenters. The van der Waals surface area contributed by atoms with Crippen molar-refractivity contribution in [2.45, 2.75) is 20.3 Å². The minimum Gasteiger partial charge on any atom is -0.353 e. The number of hydrogen-bond acceptors (Lipinski definition) is 7. The van der Waals surface area contributed by atoms with E-state index in [0.29, 0.717) is 11.3 Å². The van der Waals surface area contributed by atoms with E-state index in [1.54, 1.807) is 30.3 Å². The molecule has 1 aromatic heterocycles. The van der Waals surface area contributed by atoms with Crippen molar-refractivity contribution in [3.8, 4) is 12.1 Å². The van der Waals surface area contributed by atoms with Gasteiger partial charge in [0.2, 0.25) is 5.91 Å². The van der Waals surface area contributed by atoms with E-state index in [-0.39, 0.29) is 39.1 Å². The lowest BCUT2D eigenvalue weighted by Crippen LogP contribution is -2.09. The molecule has 0 aliphatic heterocycles. The molecule has 8 heteroatoms. The van der Waals surface area contributed by atoms with E-state index >= 15 is 0 Å². The second-order valence-electron chi connectivity index (χ2n) is 5.32. The minimum atomic E-state index is -0.558. The lowest BCUT2D eigenvalue weighted by molar-refractivity contribution is -0.115. The molecule has 0 fully saturated rings. The van der Waals surface area contributed by atoms with Gasteiger partial charge in [-0.3, -0.25) is 14.4 Å². The maximum atomic E-state index is 11.9. The summed E-state index contributed by atoms with van der Waals surface area (Å²) in [6, 6.07) is 10.3. The number of hydrogen-bond donors (Lipinski definition) is 2. The summed E-state index contributed by atoms with van der Waals surface area (Å²) in [4.78, 5) is 35.2. The van der Waals surface area contributed by atoms with Gasteiger partial charge < -0.3 is 10.6 Å². The average Bonchev–Trinajstić information content (AvgIpc) is 2.92. The molecule has 26 heavy (non-hydrogen) atoms. The Hall–Kier alpha value is -3.49. The van der Waals surface area contributed by atoms with Crippen LogP contribution in [0.2, 0.25) is 0 Å². The number of amides is 1. The highest BCUT2D eigenvalue weighted by Crippen LogP contribution is 2.39. The van der Waals surface area contributed by atoms with Crippen LogP contribution in [0.15, 0.2) is 24.3 Å². The zero-order valence-corrected chi connectivity index (χ0v) is 14.9. The summed E-state index contributed by atoms with van der Waals surface area (Å²) in [7, 11) is 0. The Kier molecular flexibility index (Phi) is 5.84. The Balaban J connectivity index is 2.43. The van der Waals surface area contributed by atoms with Gasteiger partial charge in [0.1, 0.15) is 23.1 Å². The topological polar surface area (TPSA) is 123 Å². The number of nitrogens with one attached hydrogen (secondary N) is 2. The number of anilines is 3. The van der Waals surface area contributed by atoms with Gasteiger partial charge in [-0.15, -0.1) is 11.3 Å². The van der Waals surface area contributed by atoms with Crippen LogP contribution < -0.4 is 10.6 Å². The smallest absolute Gasteiger partial charge is 0.239 e. The van der Waals surface area contributed by atoms with Crippen LogP contribution in [-0.2, 0) is 4.79 Å². The van der Waals surface area contributed by atoms with Crippen LogP contribution in [0.4, 0.5) is 16.4 Å². The van der Waals surface area contributed by atoms with Crippen LogP contribution in [0.3, 0.4) is 0 Å². The fourth-order valence-corrected chi connectivity index (χ4v) is 3.19. The molecule has 130 valence electrons. The predicted molar refractivity (Wildman–Crippen MR) is 97.6 cm³/mol. The first-order valence-electron chi connectivity index (χ1n) is 7.50. The number of thiophene rings is 1. The van der Waals surface area contributed by atoms with Crippen LogP contribution in [0, 0.1) is 22.7 Å². The largest absolute Gasteiger partial charge is 0.353 e. The first-order chi connectivity index (χ1) is 12.4. The molecule has 2 N–H and O–H groups in total. The normalized spacial score (nSPS) is 9.69. The summed E-state index contributed by atoms with van der Waals surface area (Å²) in [5.41, 5.74) is 1.52. The average molecular weight is 366 g/mol. The first-order valence-corrected chi connectivity index (χ1v) is 8.31. The molecule has 1 amide bonds. The summed E-state index contributed by atoms with van der Waals surface area (Å²) in [5.74, 6) is -0.899. The molecular formula is C18H14N4O3S. The van der Waals surface area contributed by atoms with Crippen molar-refractivity contribution in [3.63, 3.8) is 0 Å². The number of Topliss-reactive ketones (excluding diaryl/α,β-unsaturated/α-hetero) is 2. The summed E-state index contributed by atoms with van der Waals surface area (Å²) >= 11 is 0.970.